The van der Waals surface area contributed by atoms with Gasteiger partial charge in [0.05, 0.1) is 10.6 Å². The minimum absolute atomic E-state index is 0.0732. The molecule has 2 amide bonds. The number of hydrogen-bond acceptors (Lipinski definition) is 6. The number of aryl methyl sites for hydroxylation is 2. The van der Waals surface area contributed by atoms with Crippen molar-refractivity contribution in [2.24, 2.45) is 5.92 Å². The number of anilines is 1. The number of carbonyl (C=O) groups is 2. The number of benzene rings is 1. The Morgan fingerprint density at radius 3 is 2.38 bits per heavy atom. The van der Waals surface area contributed by atoms with Crippen LogP contribution in [0.3, 0.4) is 0 Å². The number of sulfonamides is 1. The van der Waals surface area contributed by atoms with Gasteiger partial charge in [-0.25, -0.2) is 13.4 Å². The van der Waals surface area contributed by atoms with Gasteiger partial charge < -0.3 is 10.2 Å². The third-order valence-electron chi connectivity index (χ3n) is 6.14. The number of rotatable bonds is 5. The number of hydrogen-bond donors (Lipinski definition) is 1. The second-order valence-corrected chi connectivity index (χ2v) is 11.2. The van der Waals surface area contributed by atoms with Gasteiger partial charge in [-0.2, -0.15) is 4.31 Å². The summed E-state index contributed by atoms with van der Waals surface area (Å²) in [5.41, 5.74) is 1.85. The molecule has 2 aliphatic heterocycles. The summed E-state index contributed by atoms with van der Waals surface area (Å²) >= 11 is 1.40. The number of likely N-dealkylation sites (tertiary alicyclic amines) is 1. The van der Waals surface area contributed by atoms with Crippen molar-refractivity contribution in [3.05, 3.63) is 40.9 Å². The first-order chi connectivity index (χ1) is 15.3. The molecule has 0 spiro atoms. The number of carbonyl (C=O) groups excluding carboxylic acids is 2. The van der Waals surface area contributed by atoms with Gasteiger partial charge in [0.2, 0.25) is 21.8 Å². The summed E-state index contributed by atoms with van der Waals surface area (Å²) < 4.78 is 27.7. The van der Waals surface area contributed by atoms with Crippen LogP contribution in [0.4, 0.5) is 5.13 Å². The molecular weight excluding hydrogens is 448 g/mol. The fraction of sp³-hybridized carbons (Fsp3) is 0.500. The fourth-order valence-corrected chi connectivity index (χ4v) is 6.65. The molecule has 8 nitrogen and oxygen atoms in total. The molecule has 0 aliphatic carbocycles. The lowest BCUT2D eigenvalue weighted by molar-refractivity contribution is -0.137. The number of thiazole rings is 1. The zero-order valence-electron chi connectivity index (χ0n) is 18.3. The second kappa shape index (κ2) is 9.29. The van der Waals surface area contributed by atoms with Crippen molar-refractivity contribution in [3.63, 3.8) is 0 Å². The van der Waals surface area contributed by atoms with Gasteiger partial charge in [-0.05, 0) is 51.7 Å². The van der Waals surface area contributed by atoms with Crippen LogP contribution in [0.1, 0.15) is 36.9 Å². The molecular formula is C22H28N4O4S2. The van der Waals surface area contributed by atoms with Crippen LogP contribution in [0.25, 0.3) is 0 Å². The molecule has 1 atom stereocenters. The molecule has 2 aliphatic rings. The highest BCUT2D eigenvalue weighted by atomic mass is 32.2. The summed E-state index contributed by atoms with van der Waals surface area (Å²) in [7, 11) is -3.73. The fourth-order valence-electron chi connectivity index (χ4n) is 4.31. The molecule has 0 bridgehead atoms. The van der Waals surface area contributed by atoms with Crippen molar-refractivity contribution in [1.82, 2.24) is 14.2 Å². The summed E-state index contributed by atoms with van der Waals surface area (Å²) in [6, 6.07) is 6.05. The van der Waals surface area contributed by atoms with Crippen LogP contribution >= 0.6 is 11.3 Å². The predicted octanol–water partition coefficient (Wildman–Crippen LogP) is 2.79. The van der Waals surface area contributed by atoms with Crippen molar-refractivity contribution in [3.8, 4) is 0 Å². The van der Waals surface area contributed by atoms with Gasteiger partial charge in [0.25, 0.3) is 0 Å². The third kappa shape index (κ3) is 4.72. The highest BCUT2D eigenvalue weighted by molar-refractivity contribution is 7.89. The Labute approximate surface area is 192 Å². The first-order valence-corrected chi connectivity index (χ1v) is 13.2. The molecule has 2 fully saturated rings. The molecule has 4 rings (SSSR count). The van der Waals surface area contributed by atoms with E-state index in [9.17, 15) is 18.0 Å². The van der Waals surface area contributed by atoms with Crippen LogP contribution < -0.4 is 5.32 Å². The van der Waals surface area contributed by atoms with E-state index in [1.54, 1.807) is 29.2 Å². The van der Waals surface area contributed by atoms with Crippen molar-refractivity contribution < 1.29 is 18.0 Å². The van der Waals surface area contributed by atoms with Gasteiger partial charge in [0.1, 0.15) is 6.04 Å². The molecule has 0 saturated carbocycles. The maximum atomic E-state index is 13.2. The SMILES string of the molecule is Cc1ccc(S(=O)(=O)N2CCC[C@H]2C(=O)N2CCC(C(=O)Nc3nc(C)cs3)CC2)cc1. The number of piperidine rings is 1. The Balaban J connectivity index is 1.38. The number of nitrogens with zero attached hydrogens (tertiary/aromatic N) is 3. The summed E-state index contributed by atoms with van der Waals surface area (Å²) in [6.07, 6.45) is 2.29. The standard InChI is InChI=1S/C22H28N4O4S2/c1-15-5-7-18(8-6-15)32(29,30)26-11-3-4-19(26)21(28)25-12-9-17(10-13-25)20(27)24-22-23-16(2)14-31-22/h5-8,14,17,19H,3-4,9-13H2,1-2H3,(H,23,24,27)/t19-/m0/s1. The van der Waals surface area contributed by atoms with Crippen LogP contribution in [0.5, 0.6) is 0 Å². The summed E-state index contributed by atoms with van der Waals surface area (Å²) in [6.45, 7) is 5.02. The first kappa shape index (κ1) is 22.9. The largest absolute Gasteiger partial charge is 0.341 e. The molecule has 1 aromatic heterocycles. The van der Waals surface area contributed by atoms with E-state index in [2.05, 4.69) is 10.3 Å². The van der Waals surface area contributed by atoms with Crippen LogP contribution in [-0.2, 0) is 19.6 Å². The lowest BCUT2D eigenvalue weighted by Crippen LogP contribution is -2.50. The molecule has 1 aromatic carbocycles. The molecule has 2 aromatic rings. The molecule has 0 radical (unpaired) electrons. The molecule has 10 heteroatoms. The molecule has 32 heavy (non-hydrogen) atoms. The van der Waals surface area contributed by atoms with Crippen molar-refractivity contribution in [2.75, 3.05) is 25.0 Å². The van der Waals surface area contributed by atoms with Gasteiger partial charge >= 0.3 is 0 Å². The topological polar surface area (TPSA) is 99.7 Å². The Kier molecular flexibility index (Phi) is 6.64. The maximum absolute atomic E-state index is 13.2. The third-order valence-corrected chi connectivity index (χ3v) is 8.94. The zero-order chi connectivity index (χ0) is 22.9. The first-order valence-electron chi connectivity index (χ1n) is 10.9. The molecule has 1 N–H and O–H groups in total. The molecule has 172 valence electrons. The van der Waals surface area contributed by atoms with E-state index in [0.717, 1.165) is 11.3 Å². The normalized spacial score (nSPS) is 20.4. The Morgan fingerprint density at radius 1 is 1.06 bits per heavy atom. The highest BCUT2D eigenvalue weighted by Crippen LogP contribution is 2.29. The second-order valence-electron chi connectivity index (χ2n) is 8.47. The van der Waals surface area contributed by atoms with E-state index in [-0.39, 0.29) is 22.6 Å². The Hall–Kier alpha value is -2.30. The highest BCUT2D eigenvalue weighted by Gasteiger charge is 2.42. The van der Waals surface area contributed by atoms with Crippen LogP contribution in [0.2, 0.25) is 0 Å². The van der Waals surface area contributed by atoms with Crippen LogP contribution in [-0.4, -0.2) is 60.1 Å². The maximum Gasteiger partial charge on any atom is 0.243 e. The van der Waals surface area contributed by atoms with Gasteiger partial charge in [0.15, 0.2) is 5.13 Å². The average molecular weight is 477 g/mol. The van der Waals surface area contributed by atoms with Crippen LogP contribution in [0, 0.1) is 19.8 Å². The van der Waals surface area contributed by atoms with Gasteiger partial charge in [-0.15, -0.1) is 11.3 Å². The number of amides is 2. The number of nitrogens with one attached hydrogen (secondary N) is 1. The zero-order valence-corrected chi connectivity index (χ0v) is 19.9. The van der Waals surface area contributed by atoms with E-state index in [0.29, 0.717) is 50.4 Å². The van der Waals surface area contributed by atoms with E-state index in [4.69, 9.17) is 0 Å². The van der Waals surface area contributed by atoms with Crippen molar-refractivity contribution in [1.29, 1.82) is 0 Å². The monoisotopic (exact) mass is 476 g/mol. The summed E-state index contributed by atoms with van der Waals surface area (Å²) in [4.78, 5) is 32.0. The smallest absolute Gasteiger partial charge is 0.243 e. The van der Waals surface area contributed by atoms with E-state index >= 15 is 0 Å². The van der Waals surface area contributed by atoms with Crippen molar-refractivity contribution >= 4 is 38.3 Å². The summed E-state index contributed by atoms with van der Waals surface area (Å²) in [5, 5.41) is 5.33. The average Bonchev–Trinajstić information content (AvgIpc) is 3.43. The molecule has 0 unspecified atom stereocenters. The lowest BCUT2D eigenvalue weighted by Gasteiger charge is -2.34. The van der Waals surface area contributed by atoms with Crippen LogP contribution in [0.15, 0.2) is 34.5 Å². The number of aromatic nitrogens is 1. The Morgan fingerprint density at radius 2 is 1.75 bits per heavy atom. The van der Waals surface area contributed by atoms with E-state index in [1.165, 1.54) is 15.6 Å². The van der Waals surface area contributed by atoms with Gasteiger partial charge in [0, 0.05) is 30.9 Å². The van der Waals surface area contributed by atoms with E-state index < -0.39 is 16.1 Å². The summed E-state index contributed by atoms with van der Waals surface area (Å²) in [5.74, 6) is -0.414. The quantitative estimate of drug-likeness (QED) is 0.715. The minimum Gasteiger partial charge on any atom is -0.341 e. The molecule has 2 saturated heterocycles. The van der Waals surface area contributed by atoms with Crippen molar-refractivity contribution in [2.45, 2.75) is 50.5 Å². The minimum atomic E-state index is -3.73. The van der Waals surface area contributed by atoms with E-state index in [1.807, 2.05) is 19.2 Å². The Bertz CT molecular complexity index is 1090. The molecule has 3 heterocycles. The van der Waals surface area contributed by atoms with Gasteiger partial charge in [-0.3, -0.25) is 9.59 Å². The predicted molar refractivity (Wildman–Crippen MR) is 123 cm³/mol. The lowest BCUT2D eigenvalue weighted by atomic mass is 9.95. The van der Waals surface area contributed by atoms with Gasteiger partial charge in [-0.1, -0.05) is 17.7 Å².